The molecule has 5 heteroatoms. The third-order valence-electron chi connectivity index (χ3n) is 3.06. The van der Waals surface area contributed by atoms with E-state index in [1.165, 1.54) is 0 Å². The molecule has 2 atom stereocenters. The number of hydrogen-bond acceptors (Lipinski definition) is 5. The highest BCUT2D eigenvalue weighted by Gasteiger charge is 2.27. The third kappa shape index (κ3) is 4.58. The van der Waals surface area contributed by atoms with E-state index in [4.69, 9.17) is 9.26 Å². The summed E-state index contributed by atoms with van der Waals surface area (Å²) in [5.41, 5.74) is -0.202. The van der Waals surface area contributed by atoms with Gasteiger partial charge in [-0.05, 0) is 18.3 Å². The molecule has 2 unspecified atom stereocenters. The third-order valence-corrected chi connectivity index (χ3v) is 3.06. The van der Waals surface area contributed by atoms with E-state index < -0.39 is 6.10 Å². The van der Waals surface area contributed by atoms with Gasteiger partial charge in [0.15, 0.2) is 0 Å². The van der Waals surface area contributed by atoms with Crippen LogP contribution in [0.4, 0.5) is 0 Å². The van der Waals surface area contributed by atoms with Crippen LogP contribution in [0.3, 0.4) is 0 Å². The van der Waals surface area contributed by atoms with Gasteiger partial charge in [0.25, 0.3) is 0 Å². The number of ether oxygens (including phenoxy) is 1. The average Bonchev–Trinajstić information content (AvgIpc) is 2.72. The zero-order valence-corrected chi connectivity index (χ0v) is 12.8. The highest BCUT2D eigenvalue weighted by molar-refractivity contribution is 4.95. The van der Waals surface area contributed by atoms with E-state index in [0.29, 0.717) is 24.7 Å². The van der Waals surface area contributed by atoms with E-state index in [-0.39, 0.29) is 17.4 Å². The van der Waals surface area contributed by atoms with Crippen molar-refractivity contribution in [2.45, 2.75) is 60.2 Å². The van der Waals surface area contributed by atoms with Gasteiger partial charge in [0.05, 0.1) is 12.5 Å². The summed E-state index contributed by atoms with van der Waals surface area (Å²) in [6.45, 7) is 12.6. The topological polar surface area (TPSA) is 68.4 Å². The Labute approximate surface area is 115 Å². The van der Waals surface area contributed by atoms with Crippen molar-refractivity contribution in [2.75, 3.05) is 6.61 Å². The molecule has 0 aliphatic rings. The maximum atomic E-state index is 10.0. The van der Waals surface area contributed by atoms with Gasteiger partial charge in [0.1, 0.15) is 6.10 Å². The van der Waals surface area contributed by atoms with Gasteiger partial charge in [0, 0.05) is 6.61 Å². The van der Waals surface area contributed by atoms with Gasteiger partial charge < -0.3 is 14.4 Å². The molecule has 1 aromatic rings. The van der Waals surface area contributed by atoms with Crippen LogP contribution < -0.4 is 0 Å². The predicted molar refractivity (Wildman–Crippen MR) is 72.7 cm³/mol. The van der Waals surface area contributed by atoms with Crippen molar-refractivity contribution in [2.24, 2.45) is 11.3 Å². The molecule has 1 N–H and O–H groups in total. The van der Waals surface area contributed by atoms with Crippen molar-refractivity contribution >= 4 is 0 Å². The SMILES string of the molecule is CCOC(c1noc(CC(O)C(C)(C)C)n1)C(C)C. The first kappa shape index (κ1) is 16.1. The molecule has 0 spiro atoms. The van der Waals surface area contributed by atoms with Crippen LogP contribution in [0.1, 0.15) is 59.4 Å². The molecule has 0 aliphatic carbocycles. The Kier molecular flexibility index (Phi) is 5.50. The maximum Gasteiger partial charge on any atom is 0.229 e. The van der Waals surface area contributed by atoms with Crippen molar-refractivity contribution in [1.29, 1.82) is 0 Å². The van der Waals surface area contributed by atoms with E-state index in [1.54, 1.807) is 0 Å². The second kappa shape index (κ2) is 6.48. The Bertz CT molecular complexity index is 382. The fourth-order valence-corrected chi connectivity index (χ4v) is 1.68. The van der Waals surface area contributed by atoms with Crippen molar-refractivity contribution in [1.82, 2.24) is 10.1 Å². The minimum absolute atomic E-state index is 0.158. The smallest absolute Gasteiger partial charge is 0.229 e. The summed E-state index contributed by atoms with van der Waals surface area (Å²) in [6, 6.07) is 0. The summed E-state index contributed by atoms with van der Waals surface area (Å²) in [5.74, 6) is 1.30. The van der Waals surface area contributed by atoms with E-state index >= 15 is 0 Å². The molecule has 110 valence electrons. The summed E-state index contributed by atoms with van der Waals surface area (Å²) in [5, 5.41) is 14.0. The molecular formula is C14H26N2O3. The summed E-state index contributed by atoms with van der Waals surface area (Å²) >= 11 is 0. The zero-order valence-electron chi connectivity index (χ0n) is 12.8. The molecule has 1 rings (SSSR count). The van der Waals surface area contributed by atoms with E-state index in [0.717, 1.165) is 0 Å². The number of rotatable bonds is 6. The van der Waals surface area contributed by atoms with Crippen LogP contribution in [-0.2, 0) is 11.2 Å². The van der Waals surface area contributed by atoms with Crippen molar-refractivity contribution in [3.05, 3.63) is 11.7 Å². The fraction of sp³-hybridized carbons (Fsp3) is 0.857. The Morgan fingerprint density at radius 1 is 1.32 bits per heavy atom. The van der Waals surface area contributed by atoms with Crippen LogP contribution in [0.2, 0.25) is 0 Å². The van der Waals surface area contributed by atoms with Gasteiger partial charge in [-0.15, -0.1) is 0 Å². The molecule has 0 aromatic carbocycles. The highest BCUT2D eigenvalue weighted by atomic mass is 16.5. The first-order valence-corrected chi connectivity index (χ1v) is 6.87. The molecule has 5 nitrogen and oxygen atoms in total. The Balaban J connectivity index is 2.76. The van der Waals surface area contributed by atoms with Gasteiger partial charge in [-0.3, -0.25) is 0 Å². The molecular weight excluding hydrogens is 244 g/mol. The van der Waals surface area contributed by atoms with Crippen LogP contribution in [0, 0.1) is 11.3 Å². The second-order valence-electron chi connectivity index (χ2n) is 6.25. The minimum atomic E-state index is -0.509. The Hall–Kier alpha value is -0.940. The van der Waals surface area contributed by atoms with Crippen LogP contribution >= 0.6 is 0 Å². The molecule has 0 fully saturated rings. The van der Waals surface area contributed by atoms with Crippen LogP contribution in [0.5, 0.6) is 0 Å². The standard InChI is InChI=1S/C14H26N2O3/c1-7-18-12(9(2)3)13-15-11(19-16-13)8-10(17)14(4,5)6/h9-10,12,17H,7-8H2,1-6H3. The quantitative estimate of drug-likeness (QED) is 0.860. The molecule has 19 heavy (non-hydrogen) atoms. The number of aliphatic hydroxyl groups is 1. The Morgan fingerprint density at radius 3 is 2.42 bits per heavy atom. The lowest BCUT2D eigenvalue weighted by molar-refractivity contribution is 0.0217. The van der Waals surface area contributed by atoms with Gasteiger partial charge in [-0.25, -0.2) is 0 Å². The van der Waals surface area contributed by atoms with Crippen molar-refractivity contribution < 1.29 is 14.4 Å². The van der Waals surface area contributed by atoms with E-state index in [1.807, 2.05) is 27.7 Å². The molecule has 1 heterocycles. The zero-order chi connectivity index (χ0) is 14.6. The monoisotopic (exact) mass is 270 g/mol. The molecule has 0 radical (unpaired) electrons. The highest BCUT2D eigenvalue weighted by Crippen LogP contribution is 2.25. The number of hydrogen-bond donors (Lipinski definition) is 1. The Morgan fingerprint density at radius 2 is 1.95 bits per heavy atom. The predicted octanol–water partition coefficient (Wildman–Crippen LogP) is 2.75. The molecule has 0 aliphatic heterocycles. The largest absolute Gasteiger partial charge is 0.392 e. The molecule has 0 bridgehead atoms. The number of aromatic nitrogens is 2. The fourth-order valence-electron chi connectivity index (χ4n) is 1.68. The van der Waals surface area contributed by atoms with E-state index in [9.17, 15) is 5.11 Å². The first-order valence-electron chi connectivity index (χ1n) is 6.87. The van der Waals surface area contributed by atoms with Gasteiger partial charge >= 0.3 is 0 Å². The summed E-state index contributed by atoms with van der Waals surface area (Å²) in [4.78, 5) is 4.34. The summed E-state index contributed by atoms with van der Waals surface area (Å²) in [7, 11) is 0. The maximum absolute atomic E-state index is 10.0. The van der Waals surface area contributed by atoms with Gasteiger partial charge in [-0.2, -0.15) is 4.98 Å². The average molecular weight is 270 g/mol. The van der Waals surface area contributed by atoms with E-state index in [2.05, 4.69) is 24.0 Å². The first-order chi connectivity index (χ1) is 8.75. The van der Waals surface area contributed by atoms with Crippen molar-refractivity contribution in [3.63, 3.8) is 0 Å². The number of aliphatic hydroxyl groups excluding tert-OH is 1. The lowest BCUT2D eigenvalue weighted by Crippen LogP contribution is -2.28. The van der Waals surface area contributed by atoms with Gasteiger partial charge in [0.2, 0.25) is 11.7 Å². The summed E-state index contributed by atoms with van der Waals surface area (Å²) < 4.78 is 10.8. The van der Waals surface area contributed by atoms with Crippen LogP contribution in [-0.4, -0.2) is 28.0 Å². The van der Waals surface area contributed by atoms with Crippen LogP contribution in [0.25, 0.3) is 0 Å². The molecule has 0 saturated carbocycles. The summed E-state index contributed by atoms with van der Waals surface area (Å²) in [6.07, 6.45) is -0.298. The molecule has 0 saturated heterocycles. The lowest BCUT2D eigenvalue weighted by atomic mass is 9.87. The molecule has 1 aromatic heterocycles. The number of nitrogens with zero attached hydrogens (tertiary/aromatic N) is 2. The lowest BCUT2D eigenvalue weighted by Gasteiger charge is -2.24. The minimum Gasteiger partial charge on any atom is -0.392 e. The van der Waals surface area contributed by atoms with Gasteiger partial charge in [-0.1, -0.05) is 39.8 Å². The van der Waals surface area contributed by atoms with Crippen molar-refractivity contribution in [3.8, 4) is 0 Å². The normalized spacial score (nSPS) is 15.8. The second-order valence-corrected chi connectivity index (χ2v) is 6.25. The van der Waals surface area contributed by atoms with Crippen LogP contribution in [0.15, 0.2) is 4.52 Å². The molecule has 0 amide bonds.